The summed E-state index contributed by atoms with van der Waals surface area (Å²) in [7, 11) is -17.4. The zero-order valence-corrected chi connectivity index (χ0v) is 38.6. The molecule has 2 aromatic rings. The first-order valence-electron chi connectivity index (χ1n) is 13.4. The maximum absolute atomic E-state index is 12.4. The van der Waals surface area contributed by atoms with Gasteiger partial charge >= 0.3 is 118 Å². The van der Waals surface area contributed by atoms with E-state index in [9.17, 15) is 53.4 Å². The molecule has 3 aliphatic heterocycles. The van der Waals surface area contributed by atoms with Crippen molar-refractivity contribution in [1.29, 1.82) is 0 Å². The quantitative estimate of drug-likeness (QED) is 0.0924. The third kappa shape index (κ3) is 12.6. The van der Waals surface area contributed by atoms with E-state index in [1.54, 1.807) is 0 Å². The second-order valence-corrected chi connectivity index (χ2v) is 14.4. The second-order valence-electron chi connectivity index (χ2n) is 10.3. The number of ether oxygens (including phenoxy) is 2. The molecule has 7 unspecified atom stereocenters. The number of carbonyl (C=O) groups excluding carboxylic acids is 1. The van der Waals surface area contributed by atoms with Crippen molar-refractivity contribution in [3.8, 4) is 0 Å². The zero-order valence-electron chi connectivity index (χ0n) is 27.9. The minimum Gasteiger partial charge on any atom is -0.790 e. The van der Waals surface area contributed by atoms with E-state index in [1.165, 1.54) is 23.4 Å². The van der Waals surface area contributed by atoms with Crippen LogP contribution in [0.5, 0.6) is 0 Å². The molecule has 5 heterocycles. The van der Waals surface area contributed by atoms with Crippen molar-refractivity contribution >= 4 is 46.4 Å². The molecule has 266 valence electrons. The van der Waals surface area contributed by atoms with Crippen molar-refractivity contribution in [3.63, 3.8) is 0 Å². The molecule has 2 saturated heterocycles. The van der Waals surface area contributed by atoms with Crippen LogP contribution in [0.25, 0.3) is 11.2 Å². The van der Waals surface area contributed by atoms with Gasteiger partial charge in [0.05, 0.1) is 27.4 Å². The number of nitrogen functional groups attached to an aromatic ring is 1. The van der Waals surface area contributed by atoms with E-state index < -0.39 is 91.7 Å². The van der Waals surface area contributed by atoms with Gasteiger partial charge in [0.2, 0.25) is 5.91 Å². The number of carbonyl (C=O) groups is 1. The van der Waals surface area contributed by atoms with Crippen molar-refractivity contribution in [1.82, 2.24) is 24.4 Å². The SMILES string of the molecule is NC(=O)C1=CN(C2OC(COP(=O)([O-])OP(=O)([O-])OC[C@H]3O[C@@H](n4cnc5c(N)ncnc54)[C@H](OP(=O)([O-])[O-])C3O)C(O)C2O)C=CC1.[Na+].[Na+].[Na+].[Na+]. The standard InChI is InChI=1S/C21H30N7O17P3.4Na/c22-17-12-19(25-7-24-17)28(8-26-12)21-16(44-46(33,34)35)14(30)11(43-21)6-41-48(38,39)45-47(36,37)40-5-10-13(29)15(31)20(42-10)27-3-1-2-9(4-27)18(23)32;;;;/h1,3-4,7-8,10-11,13-16,20-21,29-31H,2,5-6H2,(H2,23,32)(H,36,37)(H,38,39)(H2,22,24,25)(H2,33,34,35);;;;/q;4*+1/p-4/t10?,11-,13?,14?,15?,16-,20?,21-;;;;/m1..../s1. The first kappa shape index (κ1) is 51.3. The van der Waals surface area contributed by atoms with Gasteiger partial charge in [0.1, 0.15) is 48.5 Å². The average Bonchev–Trinajstić information content (AvgIpc) is 3.64. The Hall–Kier alpha value is 1.27. The number of nitrogens with zero attached hydrogens (tertiary/aromatic N) is 5. The fourth-order valence-corrected chi connectivity index (χ4v) is 7.45. The summed E-state index contributed by atoms with van der Waals surface area (Å²) in [4.78, 5) is 71.8. The normalized spacial score (nSPS) is 29.4. The van der Waals surface area contributed by atoms with Crippen molar-refractivity contribution in [2.75, 3.05) is 18.9 Å². The average molecular weight is 833 g/mol. The first-order chi connectivity index (χ1) is 22.4. The number of hydrogen-bond acceptors (Lipinski definition) is 22. The number of allylic oxidation sites excluding steroid dienone is 1. The summed E-state index contributed by atoms with van der Waals surface area (Å²) in [5.74, 6) is -0.849. The summed E-state index contributed by atoms with van der Waals surface area (Å²) in [6.07, 6.45) is -7.38. The van der Waals surface area contributed by atoms with Gasteiger partial charge in [-0.1, -0.05) is 6.08 Å². The molecule has 0 aliphatic carbocycles. The number of amides is 1. The van der Waals surface area contributed by atoms with Crippen LogP contribution in [0.4, 0.5) is 5.82 Å². The summed E-state index contributed by atoms with van der Waals surface area (Å²) in [6, 6.07) is 0. The molecule has 2 fully saturated rings. The largest absolute Gasteiger partial charge is 1.00 e. The van der Waals surface area contributed by atoms with Crippen molar-refractivity contribution < 1.29 is 199 Å². The fraction of sp³-hybridized carbons (Fsp3) is 0.524. The topological polar surface area (TPSA) is 375 Å². The molecule has 0 spiro atoms. The van der Waals surface area contributed by atoms with E-state index in [4.69, 9.17) is 20.9 Å². The Balaban J connectivity index is 0.00000338. The molecule has 24 nitrogen and oxygen atoms in total. The number of nitrogens with two attached hydrogens (primary N) is 2. The van der Waals surface area contributed by atoms with Crippen LogP contribution in [0.15, 0.2) is 36.7 Å². The van der Waals surface area contributed by atoms with Crippen LogP contribution in [0.2, 0.25) is 0 Å². The smallest absolute Gasteiger partial charge is 0.790 e. The molecule has 52 heavy (non-hydrogen) atoms. The molecule has 0 saturated carbocycles. The van der Waals surface area contributed by atoms with Crippen LogP contribution in [0, 0.1) is 0 Å². The number of phosphoric acid groups is 3. The fourth-order valence-electron chi connectivity index (χ4n) is 4.91. The second kappa shape index (κ2) is 20.8. The van der Waals surface area contributed by atoms with Gasteiger partial charge in [-0.25, -0.2) is 19.3 Å². The van der Waals surface area contributed by atoms with Gasteiger partial charge in [0, 0.05) is 18.0 Å². The number of aromatic nitrogens is 4. The Morgan fingerprint density at radius 3 is 2.06 bits per heavy atom. The third-order valence-electron chi connectivity index (χ3n) is 7.09. The van der Waals surface area contributed by atoms with Crippen molar-refractivity contribution in [2.24, 2.45) is 5.73 Å². The van der Waals surface area contributed by atoms with Crippen LogP contribution in [-0.2, 0) is 45.8 Å². The van der Waals surface area contributed by atoms with E-state index in [0.717, 1.165) is 17.2 Å². The van der Waals surface area contributed by atoms with E-state index in [2.05, 4.69) is 32.8 Å². The first-order valence-corrected chi connectivity index (χ1v) is 17.8. The maximum atomic E-state index is 12.4. The molecular weight excluding hydrogens is 807 g/mol. The molecule has 5 rings (SSSR count). The minimum atomic E-state index is -5.86. The monoisotopic (exact) mass is 833 g/mol. The summed E-state index contributed by atoms with van der Waals surface area (Å²) >= 11 is 0. The summed E-state index contributed by atoms with van der Waals surface area (Å²) in [5, 5.41) is 31.4. The van der Waals surface area contributed by atoms with E-state index in [1.807, 2.05) is 0 Å². The van der Waals surface area contributed by atoms with Gasteiger partial charge in [-0.15, -0.1) is 0 Å². The molecule has 10 atom stereocenters. The number of aliphatic hydroxyl groups excluding tert-OH is 3. The van der Waals surface area contributed by atoms with Crippen LogP contribution >= 0.6 is 23.5 Å². The number of aliphatic hydroxyl groups is 3. The van der Waals surface area contributed by atoms with Crippen molar-refractivity contribution in [2.45, 2.75) is 55.5 Å². The molecule has 1 amide bonds. The number of rotatable bonds is 13. The number of anilines is 1. The summed E-state index contributed by atoms with van der Waals surface area (Å²) in [6.45, 7) is -2.26. The summed E-state index contributed by atoms with van der Waals surface area (Å²) < 4.78 is 65.6. The minimum absolute atomic E-state index is 0. The Morgan fingerprint density at radius 2 is 1.48 bits per heavy atom. The Morgan fingerprint density at radius 1 is 0.904 bits per heavy atom. The van der Waals surface area contributed by atoms with Gasteiger partial charge in [0.25, 0.3) is 15.6 Å². The molecule has 0 radical (unpaired) electrons. The molecular formula is C21H26N7Na4O17P3. The van der Waals surface area contributed by atoms with E-state index >= 15 is 0 Å². The predicted octanol–water partition coefficient (Wildman–Crippen LogP) is -17.1. The molecule has 31 heteroatoms. The van der Waals surface area contributed by atoms with E-state index in [-0.39, 0.29) is 147 Å². The molecule has 0 bridgehead atoms. The van der Waals surface area contributed by atoms with E-state index in [0.29, 0.717) is 0 Å². The van der Waals surface area contributed by atoms with Gasteiger partial charge in [0.15, 0.2) is 23.9 Å². The van der Waals surface area contributed by atoms with Crippen LogP contribution in [-0.4, -0.2) is 102 Å². The van der Waals surface area contributed by atoms with Crippen LogP contribution < -0.4 is 149 Å². The van der Waals surface area contributed by atoms with Crippen LogP contribution in [0.1, 0.15) is 12.6 Å². The Kier molecular flexibility index (Phi) is 20.5. The van der Waals surface area contributed by atoms with Gasteiger partial charge < -0.3 is 78.9 Å². The summed E-state index contributed by atoms with van der Waals surface area (Å²) in [5.41, 5.74) is 11.1. The number of primary amides is 1. The number of phosphoric ester groups is 3. The zero-order chi connectivity index (χ0) is 35.2. The van der Waals surface area contributed by atoms with Gasteiger partial charge in [-0.05, 0) is 6.42 Å². The number of imidazole rings is 1. The molecule has 2 aromatic heterocycles. The molecule has 3 aliphatic rings. The number of fused-ring (bicyclic) bond motifs is 1. The third-order valence-corrected chi connectivity index (χ3v) is 10.1. The van der Waals surface area contributed by atoms with Crippen molar-refractivity contribution in [3.05, 3.63) is 36.7 Å². The molecule has 7 N–H and O–H groups in total. The van der Waals surface area contributed by atoms with Gasteiger partial charge in [-0.3, -0.25) is 18.5 Å². The molecule has 0 aromatic carbocycles. The maximum Gasteiger partial charge on any atom is 1.00 e. The Bertz CT molecular complexity index is 1760. The van der Waals surface area contributed by atoms with Gasteiger partial charge in [-0.2, -0.15) is 0 Å². The Labute approximate surface area is 382 Å². The number of hydrogen-bond donors (Lipinski definition) is 5. The van der Waals surface area contributed by atoms with Crippen LogP contribution in [0.3, 0.4) is 0 Å². The predicted molar refractivity (Wildman–Crippen MR) is 144 cm³/mol.